The van der Waals surface area contributed by atoms with Crippen LogP contribution >= 0.6 is 0 Å². The van der Waals surface area contributed by atoms with Crippen LogP contribution in [0.3, 0.4) is 0 Å². The molecule has 0 aliphatic carbocycles. The Hall–Kier alpha value is -2.24. The van der Waals surface area contributed by atoms with E-state index in [4.69, 9.17) is 4.74 Å². The van der Waals surface area contributed by atoms with Gasteiger partial charge < -0.3 is 10.1 Å². The van der Waals surface area contributed by atoms with Crippen LogP contribution in [0.4, 0.5) is 19.0 Å². The summed E-state index contributed by atoms with van der Waals surface area (Å²) in [5.41, 5.74) is -0.755. The van der Waals surface area contributed by atoms with Gasteiger partial charge in [-0.2, -0.15) is 18.2 Å². The third-order valence-corrected chi connectivity index (χ3v) is 2.36. The van der Waals surface area contributed by atoms with Gasteiger partial charge in [-0.05, 0) is 24.3 Å². The summed E-state index contributed by atoms with van der Waals surface area (Å²) in [6.07, 6.45) is -4.39. The molecule has 0 spiro atoms. The molecule has 1 aromatic heterocycles. The molecule has 19 heavy (non-hydrogen) atoms. The monoisotopic (exact) mass is 268 g/mol. The molecule has 0 saturated heterocycles. The molecule has 0 aliphatic rings. The molecule has 100 valence electrons. The number of halogens is 3. The van der Waals surface area contributed by atoms with Crippen LogP contribution in [0, 0.1) is 0 Å². The Bertz CT molecular complexity index is 570. The van der Waals surface area contributed by atoms with E-state index in [0.717, 1.165) is 12.1 Å². The minimum Gasteiger partial charge on any atom is -0.439 e. The summed E-state index contributed by atoms with van der Waals surface area (Å²) in [6, 6.07) is 9.66. The standard InChI is InChI=1S/C13H11F3N2O/c1-17-11-6-3-7-12(18-11)19-10-5-2-4-9(8-10)13(14,15)16/h2-8H,1H3,(H,17,18). The molecule has 0 fully saturated rings. The lowest BCUT2D eigenvalue weighted by atomic mass is 10.2. The molecule has 1 N–H and O–H groups in total. The zero-order chi connectivity index (χ0) is 13.9. The average Bonchev–Trinajstić information content (AvgIpc) is 2.38. The number of anilines is 1. The van der Waals surface area contributed by atoms with Gasteiger partial charge in [0.15, 0.2) is 0 Å². The Morgan fingerprint density at radius 1 is 1.11 bits per heavy atom. The quantitative estimate of drug-likeness (QED) is 0.915. The number of aromatic nitrogens is 1. The van der Waals surface area contributed by atoms with Crippen LogP contribution < -0.4 is 10.1 Å². The van der Waals surface area contributed by atoms with Gasteiger partial charge in [-0.15, -0.1) is 0 Å². The van der Waals surface area contributed by atoms with Crippen LogP contribution in [0.2, 0.25) is 0 Å². The van der Waals surface area contributed by atoms with E-state index in [1.807, 2.05) is 0 Å². The van der Waals surface area contributed by atoms with Gasteiger partial charge in [-0.1, -0.05) is 12.1 Å². The molecule has 0 unspecified atom stereocenters. The average molecular weight is 268 g/mol. The number of alkyl halides is 3. The van der Waals surface area contributed by atoms with E-state index in [9.17, 15) is 13.2 Å². The summed E-state index contributed by atoms with van der Waals surface area (Å²) in [4.78, 5) is 4.06. The van der Waals surface area contributed by atoms with E-state index in [2.05, 4.69) is 10.3 Å². The molecular formula is C13H11F3N2O. The summed E-state index contributed by atoms with van der Waals surface area (Å²) < 4.78 is 42.9. The van der Waals surface area contributed by atoms with Crippen molar-refractivity contribution in [3.8, 4) is 11.6 Å². The van der Waals surface area contributed by atoms with Gasteiger partial charge in [0.2, 0.25) is 5.88 Å². The minimum absolute atomic E-state index is 0.0931. The molecule has 1 heterocycles. The number of pyridine rings is 1. The first-order chi connectivity index (χ1) is 8.99. The van der Waals surface area contributed by atoms with Crippen molar-refractivity contribution in [2.45, 2.75) is 6.18 Å². The first-order valence-electron chi connectivity index (χ1n) is 5.49. The van der Waals surface area contributed by atoms with Crippen LogP contribution in [-0.2, 0) is 6.18 Å². The van der Waals surface area contributed by atoms with E-state index in [1.165, 1.54) is 12.1 Å². The van der Waals surface area contributed by atoms with Gasteiger partial charge in [0.05, 0.1) is 5.56 Å². The Labute approximate surface area is 108 Å². The predicted molar refractivity (Wildman–Crippen MR) is 65.3 cm³/mol. The number of benzene rings is 1. The molecule has 1 aromatic carbocycles. The molecule has 0 bridgehead atoms. The van der Waals surface area contributed by atoms with Crippen molar-refractivity contribution in [2.75, 3.05) is 12.4 Å². The van der Waals surface area contributed by atoms with Crippen LogP contribution in [0.25, 0.3) is 0 Å². The fourth-order valence-corrected chi connectivity index (χ4v) is 1.47. The third-order valence-electron chi connectivity index (χ3n) is 2.36. The number of ether oxygens (including phenoxy) is 1. The van der Waals surface area contributed by atoms with Crippen molar-refractivity contribution in [1.82, 2.24) is 4.98 Å². The SMILES string of the molecule is CNc1cccc(Oc2cccc(C(F)(F)F)c2)n1. The van der Waals surface area contributed by atoms with Crippen molar-refractivity contribution in [3.05, 3.63) is 48.0 Å². The van der Waals surface area contributed by atoms with Gasteiger partial charge in [0.25, 0.3) is 0 Å². The molecule has 0 aliphatic heterocycles. The Kier molecular flexibility index (Phi) is 3.59. The maximum atomic E-state index is 12.5. The lowest BCUT2D eigenvalue weighted by molar-refractivity contribution is -0.137. The van der Waals surface area contributed by atoms with E-state index >= 15 is 0 Å². The van der Waals surface area contributed by atoms with Crippen LogP contribution in [-0.4, -0.2) is 12.0 Å². The highest BCUT2D eigenvalue weighted by Crippen LogP contribution is 2.32. The first kappa shape index (κ1) is 13.2. The topological polar surface area (TPSA) is 34.1 Å². The largest absolute Gasteiger partial charge is 0.439 e. The lowest BCUT2D eigenvalue weighted by Gasteiger charge is -2.10. The second-order valence-corrected chi connectivity index (χ2v) is 3.74. The van der Waals surface area contributed by atoms with E-state index in [-0.39, 0.29) is 11.6 Å². The summed E-state index contributed by atoms with van der Waals surface area (Å²) in [5.74, 6) is 0.895. The number of nitrogens with one attached hydrogen (secondary N) is 1. The molecular weight excluding hydrogens is 257 g/mol. The van der Waals surface area contributed by atoms with E-state index < -0.39 is 11.7 Å². The van der Waals surface area contributed by atoms with Gasteiger partial charge >= 0.3 is 6.18 Å². The van der Waals surface area contributed by atoms with Crippen LogP contribution in [0.15, 0.2) is 42.5 Å². The number of nitrogens with zero attached hydrogens (tertiary/aromatic N) is 1. The molecule has 0 amide bonds. The van der Waals surface area contributed by atoms with Crippen molar-refractivity contribution in [3.63, 3.8) is 0 Å². The maximum absolute atomic E-state index is 12.5. The van der Waals surface area contributed by atoms with Gasteiger partial charge in [0, 0.05) is 13.1 Å². The first-order valence-corrected chi connectivity index (χ1v) is 5.49. The highest BCUT2D eigenvalue weighted by molar-refractivity contribution is 5.38. The molecule has 0 atom stereocenters. The summed E-state index contributed by atoms with van der Waals surface area (Å²) in [5, 5.41) is 2.82. The fraction of sp³-hybridized carbons (Fsp3) is 0.154. The molecule has 2 aromatic rings. The Morgan fingerprint density at radius 2 is 1.84 bits per heavy atom. The Balaban J connectivity index is 2.23. The molecule has 3 nitrogen and oxygen atoms in total. The number of hydrogen-bond acceptors (Lipinski definition) is 3. The molecule has 2 rings (SSSR count). The smallest absolute Gasteiger partial charge is 0.416 e. The van der Waals surface area contributed by atoms with Crippen molar-refractivity contribution in [2.24, 2.45) is 0 Å². The second-order valence-electron chi connectivity index (χ2n) is 3.74. The second kappa shape index (κ2) is 5.17. The zero-order valence-electron chi connectivity index (χ0n) is 10.0. The van der Waals surface area contributed by atoms with E-state index in [1.54, 1.807) is 25.2 Å². The maximum Gasteiger partial charge on any atom is 0.416 e. The summed E-state index contributed by atoms with van der Waals surface area (Å²) >= 11 is 0. The van der Waals surface area contributed by atoms with Crippen LogP contribution in [0.1, 0.15) is 5.56 Å². The predicted octanol–water partition coefficient (Wildman–Crippen LogP) is 3.93. The minimum atomic E-state index is -4.39. The van der Waals surface area contributed by atoms with Gasteiger partial charge in [-0.3, -0.25) is 0 Å². The lowest BCUT2D eigenvalue weighted by Crippen LogP contribution is -2.04. The zero-order valence-corrected chi connectivity index (χ0v) is 10.0. The summed E-state index contributed by atoms with van der Waals surface area (Å²) in [6.45, 7) is 0. The molecule has 0 saturated carbocycles. The van der Waals surface area contributed by atoms with E-state index in [0.29, 0.717) is 5.82 Å². The molecule has 0 radical (unpaired) electrons. The van der Waals surface area contributed by atoms with Gasteiger partial charge in [0.1, 0.15) is 11.6 Å². The van der Waals surface area contributed by atoms with Crippen LogP contribution in [0.5, 0.6) is 11.6 Å². The number of rotatable bonds is 3. The summed E-state index contributed by atoms with van der Waals surface area (Å²) in [7, 11) is 1.69. The Morgan fingerprint density at radius 3 is 2.53 bits per heavy atom. The highest BCUT2D eigenvalue weighted by Gasteiger charge is 2.30. The highest BCUT2D eigenvalue weighted by atomic mass is 19.4. The van der Waals surface area contributed by atoms with Gasteiger partial charge in [-0.25, -0.2) is 0 Å². The van der Waals surface area contributed by atoms with Crippen molar-refractivity contribution >= 4 is 5.82 Å². The normalized spacial score (nSPS) is 11.2. The van der Waals surface area contributed by atoms with Crippen molar-refractivity contribution < 1.29 is 17.9 Å². The third kappa shape index (κ3) is 3.37. The van der Waals surface area contributed by atoms with Crippen molar-refractivity contribution in [1.29, 1.82) is 0 Å². The number of hydrogen-bond donors (Lipinski definition) is 1. The molecule has 6 heteroatoms. The fourth-order valence-electron chi connectivity index (χ4n) is 1.47.